The van der Waals surface area contributed by atoms with Gasteiger partial charge in [-0.3, -0.25) is 9.80 Å². The van der Waals surface area contributed by atoms with E-state index in [0.717, 1.165) is 97.2 Å². The van der Waals surface area contributed by atoms with Crippen LogP contribution in [0.1, 0.15) is 143 Å². The Morgan fingerprint density at radius 3 is 0.812 bits per heavy atom. The first-order chi connectivity index (χ1) is 33.2. The largest absolute Gasteiger partial charge is 0.500 e. The van der Waals surface area contributed by atoms with Gasteiger partial charge in [0.25, 0.3) is 0 Å². The summed E-state index contributed by atoms with van der Waals surface area (Å²) in [6.07, 6.45) is 19.4. The van der Waals surface area contributed by atoms with Gasteiger partial charge in [0, 0.05) is 149 Å². The van der Waals surface area contributed by atoms with Crippen molar-refractivity contribution in [3.8, 4) is 0 Å². The Balaban J connectivity index is 7.72. The van der Waals surface area contributed by atoms with Crippen LogP contribution >= 0.6 is 0 Å². The number of hydrogen-bond donors (Lipinski definition) is 0. The number of unbranched alkanes of at least 4 members (excludes halogenated alkanes) is 4. The molecule has 0 atom stereocenters. The third-order valence-corrected chi connectivity index (χ3v) is 25.8. The van der Waals surface area contributed by atoms with Gasteiger partial charge in [-0.15, -0.1) is 0 Å². The highest BCUT2D eigenvalue weighted by Gasteiger charge is 2.44. The second-order valence-electron chi connectivity index (χ2n) is 19.0. The van der Waals surface area contributed by atoms with Gasteiger partial charge >= 0.3 is 35.2 Å². The molecule has 0 radical (unpaired) electrons. The fraction of sp³-hybridized carbons (Fsp3) is 1.00. The van der Waals surface area contributed by atoms with Crippen molar-refractivity contribution in [2.75, 3.05) is 145 Å². The Bertz CT molecular complexity index is 1060. The molecule has 0 aromatic rings. The van der Waals surface area contributed by atoms with Gasteiger partial charge in [-0.25, -0.2) is 0 Å². The lowest BCUT2D eigenvalue weighted by Gasteiger charge is -2.44. The maximum absolute atomic E-state index is 6.52. The summed E-state index contributed by atoms with van der Waals surface area (Å²) in [5, 5.41) is 0. The normalized spacial score (nSPS) is 13.5. The van der Waals surface area contributed by atoms with Gasteiger partial charge in [0.2, 0.25) is 0 Å². The van der Waals surface area contributed by atoms with E-state index in [1.807, 2.05) is 0 Å². The molecule has 0 aliphatic carbocycles. The first-order valence-corrected chi connectivity index (χ1v) is 34.2. The van der Waals surface area contributed by atoms with E-state index < -0.39 is 35.2 Å². The van der Waals surface area contributed by atoms with Crippen molar-refractivity contribution in [1.82, 2.24) is 9.80 Å². The molecule has 0 bridgehead atoms. The molecular formula is C49H110N2O14Si4. The van der Waals surface area contributed by atoms with Crippen molar-refractivity contribution < 1.29 is 62.6 Å². The molecule has 0 spiro atoms. The molecule has 0 unspecified atom stereocenters. The van der Waals surface area contributed by atoms with Gasteiger partial charge in [0.05, 0.1) is 19.9 Å². The number of rotatable bonds is 52. The van der Waals surface area contributed by atoms with Crippen molar-refractivity contribution in [2.45, 2.75) is 167 Å². The van der Waals surface area contributed by atoms with Gasteiger partial charge in [-0.2, -0.15) is 0 Å². The summed E-state index contributed by atoms with van der Waals surface area (Å²) >= 11 is 0. The zero-order valence-corrected chi connectivity index (χ0v) is 51.5. The Kier molecular flexibility index (Phi) is 40.7. The fourth-order valence-electron chi connectivity index (χ4n) is 10.0. The Morgan fingerprint density at radius 2 is 0.551 bits per heavy atom. The molecule has 20 heteroatoms. The highest BCUT2D eigenvalue weighted by atomic mass is 28.4. The van der Waals surface area contributed by atoms with Crippen LogP contribution < -0.4 is 0 Å². The predicted molar refractivity (Wildman–Crippen MR) is 287 cm³/mol. The van der Waals surface area contributed by atoms with Crippen LogP contribution in [0.2, 0.25) is 24.2 Å². The molecule has 16 nitrogen and oxygen atoms in total. The van der Waals surface area contributed by atoms with Crippen molar-refractivity contribution >= 4 is 35.2 Å². The minimum atomic E-state index is -2.87. The summed E-state index contributed by atoms with van der Waals surface area (Å²) in [4.78, 5) is 5.42. The van der Waals surface area contributed by atoms with E-state index in [-0.39, 0.29) is 10.8 Å². The average Bonchev–Trinajstić information content (AvgIpc) is 3.38. The Hall–Kier alpha value is 0.228. The van der Waals surface area contributed by atoms with Crippen LogP contribution in [-0.4, -0.2) is 190 Å². The Labute approximate surface area is 428 Å². The topological polar surface area (TPSA) is 136 Å². The van der Waals surface area contributed by atoms with Crippen LogP contribution in [0.25, 0.3) is 0 Å². The van der Waals surface area contributed by atoms with E-state index in [0.29, 0.717) is 44.0 Å². The SMILES string of the molecule is CCCCOCCN(CN(CCOCCC[Si](OC)(OC)OC)CC(CCC[Si](OC)(OC)OC)(CCC[Si](OC)(OC)OC)CCC[Si](OC)(OC)OC)CC(CCCC)(CCCC)CCCC. The molecule has 69 heavy (non-hydrogen) atoms. The fourth-order valence-corrected chi connectivity index (χ4v) is 16.9. The quantitative estimate of drug-likeness (QED) is 0.0324. The van der Waals surface area contributed by atoms with Crippen molar-refractivity contribution in [3.05, 3.63) is 0 Å². The molecule has 0 saturated heterocycles. The summed E-state index contributed by atoms with van der Waals surface area (Å²) in [5.74, 6) is 0. The van der Waals surface area contributed by atoms with Crippen molar-refractivity contribution in [2.24, 2.45) is 10.8 Å². The zero-order valence-electron chi connectivity index (χ0n) is 47.5. The van der Waals surface area contributed by atoms with Crippen LogP contribution in [0.4, 0.5) is 0 Å². The molecule has 0 fully saturated rings. The molecule has 0 aliphatic heterocycles. The van der Waals surface area contributed by atoms with Crippen molar-refractivity contribution in [3.63, 3.8) is 0 Å². The van der Waals surface area contributed by atoms with Crippen LogP contribution in [-0.2, 0) is 62.6 Å². The van der Waals surface area contributed by atoms with Crippen molar-refractivity contribution in [1.29, 1.82) is 0 Å². The molecule has 0 aliphatic rings. The minimum absolute atomic E-state index is 0.173. The highest BCUT2D eigenvalue weighted by molar-refractivity contribution is 6.61. The predicted octanol–water partition coefficient (Wildman–Crippen LogP) is 10.2. The van der Waals surface area contributed by atoms with Gasteiger partial charge in [0.15, 0.2) is 0 Å². The van der Waals surface area contributed by atoms with Gasteiger partial charge in [0.1, 0.15) is 0 Å². The van der Waals surface area contributed by atoms with E-state index in [1.54, 1.807) is 85.3 Å². The molecule has 0 saturated carbocycles. The molecule has 0 amide bonds. The molecule has 0 heterocycles. The molecule has 416 valence electrons. The van der Waals surface area contributed by atoms with Crippen LogP contribution in [0.15, 0.2) is 0 Å². The average molecular weight is 1060 g/mol. The number of ether oxygens (including phenoxy) is 2. The van der Waals surface area contributed by atoms with Crippen LogP contribution in [0.5, 0.6) is 0 Å². The number of hydrogen-bond acceptors (Lipinski definition) is 16. The van der Waals surface area contributed by atoms with Gasteiger partial charge in [-0.05, 0) is 81.5 Å². The smallest absolute Gasteiger partial charge is 0.380 e. The van der Waals surface area contributed by atoms with E-state index in [2.05, 4.69) is 37.5 Å². The summed E-state index contributed by atoms with van der Waals surface area (Å²) < 4.78 is 83.9. The van der Waals surface area contributed by atoms with E-state index in [1.165, 1.54) is 57.8 Å². The lowest BCUT2D eigenvalue weighted by molar-refractivity contribution is 0.00102. The summed E-state index contributed by atoms with van der Waals surface area (Å²) in [7, 11) is 8.99. The molecule has 0 aromatic carbocycles. The molecule has 0 N–H and O–H groups in total. The highest BCUT2D eigenvalue weighted by Crippen LogP contribution is 2.42. The van der Waals surface area contributed by atoms with E-state index in [9.17, 15) is 0 Å². The first kappa shape index (κ1) is 69.2. The lowest BCUT2D eigenvalue weighted by Crippen LogP contribution is -2.50. The third-order valence-electron chi connectivity index (χ3n) is 14.5. The minimum Gasteiger partial charge on any atom is -0.380 e. The first-order valence-electron chi connectivity index (χ1n) is 26.5. The zero-order chi connectivity index (χ0) is 52.0. The second kappa shape index (κ2) is 40.5. The van der Waals surface area contributed by atoms with E-state index >= 15 is 0 Å². The third kappa shape index (κ3) is 26.5. The summed E-state index contributed by atoms with van der Waals surface area (Å²) in [6.45, 7) is 16.2. The number of nitrogens with zero attached hydrogens (tertiary/aromatic N) is 2. The second-order valence-corrected chi connectivity index (χ2v) is 31.3. The lowest BCUT2D eigenvalue weighted by atomic mass is 9.74. The molecule has 0 aromatic heterocycles. The summed E-state index contributed by atoms with van der Waals surface area (Å²) in [5.41, 5.74) is 0.0656. The van der Waals surface area contributed by atoms with Gasteiger partial charge in [-0.1, -0.05) is 72.6 Å². The Morgan fingerprint density at radius 1 is 0.304 bits per heavy atom. The van der Waals surface area contributed by atoms with Gasteiger partial charge < -0.3 is 62.6 Å². The molecular weight excluding hydrogens is 953 g/mol. The van der Waals surface area contributed by atoms with Crippen LogP contribution in [0.3, 0.4) is 0 Å². The summed E-state index contributed by atoms with van der Waals surface area (Å²) in [6, 6.07) is 2.79. The van der Waals surface area contributed by atoms with Crippen LogP contribution in [0, 0.1) is 10.8 Å². The standard InChI is InChI=1S/C49H110N2O14Si4/c1-17-21-29-48(30-22-18-2,31-23-19-3)45-50(35-39-64-37-24-20-4)47-51(36-40-65-38-28-44-69(61-14,62-15)63-16)46-49(32-25-41-66(52-5,53-6)54-7,33-26-42-67(55-8,56-9)57-10)34-27-43-68(58-11,59-12)60-13/h17-47H2,1-16H3. The maximum atomic E-state index is 6.52. The monoisotopic (exact) mass is 1060 g/mol. The molecule has 0 rings (SSSR count). The van der Waals surface area contributed by atoms with E-state index in [4.69, 9.17) is 62.6 Å². The maximum Gasteiger partial charge on any atom is 0.500 e.